The minimum Gasteiger partial charge on any atom is -0.496 e. The molecule has 6 nitrogen and oxygen atoms in total. The molecule has 2 unspecified atom stereocenters. The summed E-state index contributed by atoms with van der Waals surface area (Å²) >= 11 is 8.30. The minimum atomic E-state index is -0.504. The van der Waals surface area contributed by atoms with Crippen molar-refractivity contribution in [1.29, 1.82) is 0 Å². The van der Waals surface area contributed by atoms with Gasteiger partial charge in [-0.3, -0.25) is 4.98 Å². The third-order valence-corrected chi connectivity index (χ3v) is 7.64. The maximum Gasteiger partial charge on any atom is 0.160 e. The molecule has 0 aliphatic carbocycles. The molecule has 182 valence electrons. The van der Waals surface area contributed by atoms with E-state index in [1.807, 2.05) is 48.5 Å². The van der Waals surface area contributed by atoms with Crippen LogP contribution in [0.4, 0.5) is 0 Å². The van der Waals surface area contributed by atoms with E-state index in [1.165, 1.54) is 0 Å². The predicted molar refractivity (Wildman–Crippen MR) is 147 cm³/mol. The van der Waals surface area contributed by atoms with Crippen molar-refractivity contribution in [2.75, 3.05) is 7.11 Å². The number of fused-ring (bicyclic) bond motifs is 1. The van der Waals surface area contributed by atoms with E-state index < -0.39 is 6.04 Å². The second-order valence-corrected chi connectivity index (χ2v) is 10.2. The summed E-state index contributed by atoms with van der Waals surface area (Å²) in [4.78, 5) is 15.1. The van der Waals surface area contributed by atoms with Crippen molar-refractivity contribution in [2.45, 2.75) is 25.4 Å². The fraction of sp³-hybridized carbons (Fsp3) is 0.179. The summed E-state index contributed by atoms with van der Waals surface area (Å²) in [5.74, 6) is 1.24. The average Bonchev–Trinajstić information content (AvgIpc) is 3.23. The number of nitrogens with zero attached hydrogens (tertiary/aromatic N) is 3. The van der Waals surface area contributed by atoms with Crippen LogP contribution in [0.2, 0.25) is 5.02 Å². The van der Waals surface area contributed by atoms with Crippen LogP contribution in [0.25, 0.3) is 32.7 Å². The molecule has 3 aromatic heterocycles. The Balaban J connectivity index is 1.72. The topological polar surface area (TPSA) is 99.9 Å². The minimum absolute atomic E-state index is 0.337. The van der Waals surface area contributed by atoms with Gasteiger partial charge in [0.05, 0.1) is 34.1 Å². The van der Waals surface area contributed by atoms with Crippen LogP contribution in [0.15, 0.2) is 73.1 Å². The quantitative estimate of drug-likeness (QED) is 0.277. The lowest BCUT2D eigenvalue weighted by atomic mass is 9.97. The largest absolute Gasteiger partial charge is 0.496 e. The van der Waals surface area contributed by atoms with Gasteiger partial charge >= 0.3 is 0 Å². The molecule has 5 aromatic rings. The third kappa shape index (κ3) is 4.58. The molecule has 3 heterocycles. The summed E-state index contributed by atoms with van der Waals surface area (Å²) in [7, 11) is 1.64. The van der Waals surface area contributed by atoms with Crippen LogP contribution >= 0.6 is 22.9 Å². The molecule has 0 bridgehead atoms. The number of hydrogen-bond donors (Lipinski definition) is 2. The van der Waals surface area contributed by atoms with Gasteiger partial charge in [0, 0.05) is 40.0 Å². The molecule has 0 aliphatic rings. The van der Waals surface area contributed by atoms with Crippen LogP contribution in [0.5, 0.6) is 5.75 Å². The van der Waals surface area contributed by atoms with Crippen molar-refractivity contribution >= 4 is 33.2 Å². The Morgan fingerprint density at radius 2 is 1.69 bits per heavy atom. The maximum atomic E-state index is 6.81. The molecular weight excluding hydrogens is 490 g/mol. The van der Waals surface area contributed by atoms with Gasteiger partial charge in [0.1, 0.15) is 5.75 Å². The van der Waals surface area contributed by atoms with Crippen molar-refractivity contribution in [1.82, 2.24) is 15.0 Å². The molecule has 0 saturated carbocycles. The summed E-state index contributed by atoms with van der Waals surface area (Å²) in [6.45, 7) is 2.05. The summed E-state index contributed by atoms with van der Waals surface area (Å²) < 4.78 is 6.58. The van der Waals surface area contributed by atoms with Crippen LogP contribution in [0.1, 0.15) is 22.2 Å². The van der Waals surface area contributed by atoms with Crippen LogP contribution in [0.3, 0.4) is 0 Å². The first kappa shape index (κ1) is 24.3. The summed E-state index contributed by atoms with van der Waals surface area (Å²) in [6, 6.07) is 18.7. The van der Waals surface area contributed by atoms with E-state index in [-0.39, 0.29) is 6.04 Å². The summed E-state index contributed by atoms with van der Waals surface area (Å²) in [5.41, 5.74) is 18.7. The molecule has 0 radical (unpaired) electrons. The monoisotopic (exact) mass is 515 g/mol. The second-order valence-electron chi connectivity index (χ2n) is 8.58. The van der Waals surface area contributed by atoms with E-state index in [2.05, 4.69) is 24.0 Å². The number of benzene rings is 2. The number of methoxy groups -OCH3 is 1. The van der Waals surface area contributed by atoms with Gasteiger partial charge in [-0.2, -0.15) is 0 Å². The van der Waals surface area contributed by atoms with Crippen LogP contribution < -0.4 is 16.2 Å². The lowest BCUT2D eigenvalue weighted by Crippen LogP contribution is -2.36. The fourth-order valence-electron chi connectivity index (χ4n) is 4.39. The Bertz CT molecular complexity index is 1510. The predicted octanol–water partition coefficient (Wildman–Crippen LogP) is 5.96. The Kier molecular flexibility index (Phi) is 6.98. The van der Waals surface area contributed by atoms with E-state index in [0.717, 1.165) is 43.0 Å². The number of ether oxygens (including phenoxy) is 1. The molecular formula is C28H26ClN5OS. The molecule has 36 heavy (non-hydrogen) atoms. The molecule has 2 atom stereocenters. The Morgan fingerprint density at radius 1 is 0.944 bits per heavy atom. The number of aryl methyl sites for hydroxylation is 1. The zero-order valence-electron chi connectivity index (χ0n) is 20.0. The zero-order chi connectivity index (χ0) is 25.2. The zero-order valence-corrected chi connectivity index (χ0v) is 21.6. The number of halogens is 1. The smallest absolute Gasteiger partial charge is 0.160 e. The summed E-state index contributed by atoms with van der Waals surface area (Å²) in [5, 5.41) is 0.591. The van der Waals surface area contributed by atoms with Crippen molar-refractivity contribution in [3.8, 4) is 28.3 Å². The van der Waals surface area contributed by atoms with Crippen molar-refractivity contribution in [3.05, 3.63) is 94.2 Å². The maximum absolute atomic E-state index is 6.81. The van der Waals surface area contributed by atoms with Crippen LogP contribution in [-0.2, 0) is 6.42 Å². The van der Waals surface area contributed by atoms with Crippen LogP contribution in [0, 0.1) is 6.92 Å². The molecule has 0 amide bonds. The van der Waals surface area contributed by atoms with Gasteiger partial charge in [0.15, 0.2) is 5.82 Å². The molecule has 8 heteroatoms. The molecule has 0 aliphatic heterocycles. The molecule has 2 aromatic carbocycles. The highest BCUT2D eigenvalue weighted by molar-refractivity contribution is 7.19. The lowest BCUT2D eigenvalue weighted by Gasteiger charge is -2.21. The fourth-order valence-corrected chi connectivity index (χ4v) is 5.79. The second kappa shape index (κ2) is 10.3. The molecule has 5 rings (SSSR count). The number of nitrogens with two attached hydrogens (primary N) is 2. The van der Waals surface area contributed by atoms with Gasteiger partial charge in [-0.1, -0.05) is 48.0 Å². The highest BCUT2D eigenvalue weighted by atomic mass is 35.5. The number of hydrogen-bond acceptors (Lipinski definition) is 7. The normalized spacial score (nSPS) is 13.0. The number of pyridine rings is 1. The molecule has 0 saturated heterocycles. The van der Waals surface area contributed by atoms with Crippen LogP contribution in [-0.4, -0.2) is 28.1 Å². The standard InChI is InChI=1S/C28H26ClN5OS/c1-16-22(23-19(29)9-6-10-21(23)35-2)25-27(36-16)26(34-28(33-25)18-11-13-32-14-12-18)24(31)20(30)15-17-7-4-3-5-8-17/h3-14,20,24H,15,30-31H2,1-2H3. The SMILES string of the molecule is COc1cccc(Cl)c1-c1c(C)sc2c(C(N)C(N)Cc3ccccc3)nc(-c3ccncc3)nc12. The first-order chi connectivity index (χ1) is 17.5. The lowest BCUT2D eigenvalue weighted by molar-refractivity contribution is 0.416. The van der Waals surface area contributed by atoms with Crippen molar-refractivity contribution in [3.63, 3.8) is 0 Å². The molecule has 4 N–H and O–H groups in total. The van der Waals surface area contributed by atoms with E-state index in [0.29, 0.717) is 23.0 Å². The number of aromatic nitrogens is 3. The number of rotatable bonds is 7. The Hall–Kier alpha value is -3.36. The van der Waals surface area contributed by atoms with E-state index in [9.17, 15) is 0 Å². The third-order valence-electron chi connectivity index (χ3n) is 6.21. The molecule has 0 fully saturated rings. The number of thiophene rings is 1. The Morgan fingerprint density at radius 3 is 2.42 bits per heavy atom. The van der Waals surface area contributed by atoms with Gasteiger partial charge in [0.25, 0.3) is 0 Å². The average molecular weight is 516 g/mol. The van der Waals surface area contributed by atoms with Crippen molar-refractivity contribution < 1.29 is 4.74 Å². The highest BCUT2D eigenvalue weighted by Crippen LogP contribution is 2.46. The van der Waals surface area contributed by atoms with E-state index >= 15 is 0 Å². The van der Waals surface area contributed by atoms with Gasteiger partial charge in [-0.15, -0.1) is 11.3 Å². The Labute approximate surface area is 219 Å². The van der Waals surface area contributed by atoms with Crippen molar-refractivity contribution in [2.24, 2.45) is 11.5 Å². The van der Waals surface area contributed by atoms with Gasteiger partial charge in [0.2, 0.25) is 0 Å². The molecule has 0 spiro atoms. The van der Waals surface area contributed by atoms with E-state index in [4.69, 9.17) is 37.8 Å². The van der Waals surface area contributed by atoms with Gasteiger partial charge < -0.3 is 16.2 Å². The van der Waals surface area contributed by atoms with Gasteiger partial charge in [-0.25, -0.2) is 9.97 Å². The highest BCUT2D eigenvalue weighted by Gasteiger charge is 2.27. The first-order valence-electron chi connectivity index (χ1n) is 11.6. The summed E-state index contributed by atoms with van der Waals surface area (Å²) in [6.07, 6.45) is 4.08. The van der Waals surface area contributed by atoms with Gasteiger partial charge in [-0.05, 0) is 43.2 Å². The first-order valence-corrected chi connectivity index (χ1v) is 12.8. The van der Waals surface area contributed by atoms with E-state index in [1.54, 1.807) is 30.8 Å².